The van der Waals surface area contributed by atoms with Crippen molar-refractivity contribution in [3.8, 4) is 0 Å². The molecule has 2 atom stereocenters. The Hall–Kier alpha value is -1.56. The smallest absolute Gasteiger partial charge is 0.246 e. The molecule has 124 valence electrons. The molecular weight excluding hydrogens is 315 g/mol. The molecule has 4 nitrogen and oxygen atoms in total. The highest BCUT2D eigenvalue weighted by Gasteiger charge is 2.53. The molecule has 2 fully saturated rings. The molecule has 23 heavy (non-hydrogen) atoms. The molecule has 6 heteroatoms. The zero-order valence-corrected chi connectivity index (χ0v) is 14.2. The van der Waals surface area contributed by atoms with Gasteiger partial charge in [-0.1, -0.05) is 12.1 Å². The van der Waals surface area contributed by atoms with Gasteiger partial charge in [0.05, 0.1) is 4.87 Å². The summed E-state index contributed by atoms with van der Waals surface area (Å²) in [5.41, 5.74) is 0.994. The van der Waals surface area contributed by atoms with E-state index in [1.165, 1.54) is 12.1 Å². The number of halogens is 1. The lowest BCUT2D eigenvalue weighted by molar-refractivity contribution is -0.142. The summed E-state index contributed by atoms with van der Waals surface area (Å²) in [5, 5.41) is 0. The van der Waals surface area contributed by atoms with Crippen LogP contribution in [0, 0.1) is 5.82 Å². The summed E-state index contributed by atoms with van der Waals surface area (Å²) in [6.07, 6.45) is 2.03. The molecule has 2 unspecified atom stereocenters. The van der Waals surface area contributed by atoms with E-state index >= 15 is 0 Å². The number of nitrogens with zero attached hydrogens (tertiary/aromatic N) is 2. The highest BCUT2D eigenvalue weighted by molar-refractivity contribution is 8.01. The van der Waals surface area contributed by atoms with Crippen molar-refractivity contribution in [1.82, 2.24) is 9.80 Å². The zero-order valence-electron chi connectivity index (χ0n) is 13.4. The van der Waals surface area contributed by atoms with Crippen molar-refractivity contribution in [3.05, 3.63) is 35.6 Å². The fourth-order valence-electron chi connectivity index (χ4n) is 3.32. The van der Waals surface area contributed by atoms with Crippen molar-refractivity contribution < 1.29 is 14.0 Å². The molecular formula is C17H21FN2O2S. The minimum atomic E-state index is -0.349. The van der Waals surface area contributed by atoms with Crippen LogP contribution in [-0.2, 0) is 16.0 Å². The van der Waals surface area contributed by atoms with Gasteiger partial charge in [-0.3, -0.25) is 9.59 Å². The lowest BCUT2D eigenvalue weighted by atomic mass is 10.1. The predicted octanol–water partition coefficient (Wildman–Crippen LogP) is 2.28. The van der Waals surface area contributed by atoms with Crippen LogP contribution < -0.4 is 0 Å². The molecule has 0 aromatic heterocycles. The predicted molar refractivity (Wildman–Crippen MR) is 88.5 cm³/mol. The Labute approximate surface area is 140 Å². The molecule has 2 aliphatic heterocycles. The number of thioether (sulfide) groups is 1. The van der Waals surface area contributed by atoms with Crippen LogP contribution in [0.2, 0.25) is 0 Å². The van der Waals surface area contributed by atoms with Gasteiger partial charge in [-0.15, -0.1) is 11.8 Å². The fraction of sp³-hybridized carbons (Fsp3) is 0.529. The van der Waals surface area contributed by atoms with Crippen molar-refractivity contribution in [2.75, 3.05) is 19.3 Å². The first-order valence-corrected chi connectivity index (χ1v) is 8.85. The number of likely N-dealkylation sites (N-methyl/N-ethyl adjacent to an activating group) is 1. The van der Waals surface area contributed by atoms with Crippen LogP contribution in [0.3, 0.4) is 0 Å². The quantitative estimate of drug-likeness (QED) is 0.847. The maximum atomic E-state index is 12.9. The molecule has 1 aromatic rings. The number of carbonyl (C=O) groups excluding carboxylic acids is 2. The van der Waals surface area contributed by atoms with E-state index in [0.717, 1.165) is 12.0 Å². The maximum Gasteiger partial charge on any atom is 0.246 e. The van der Waals surface area contributed by atoms with Crippen LogP contribution in [0.5, 0.6) is 0 Å². The molecule has 2 amide bonds. The van der Waals surface area contributed by atoms with Gasteiger partial charge in [-0.05, 0) is 37.5 Å². The Balaban J connectivity index is 1.61. The number of fused-ring (bicyclic) bond motifs is 1. The van der Waals surface area contributed by atoms with Crippen molar-refractivity contribution in [3.63, 3.8) is 0 Å². The van der Waals surface area contributed by atoms with E-state index in [-0.39, 0.29) is 28.5 Å². The van der Waals surface area contributed by atoms with Gasteiger partial charge in [-0.2, -0.15) is 0 Å². The van der Waals surface area contributed by atoms with Gasteiger partial charge in [0.1, 0.15) is 11.9 Å². The number of amides is 2. The van der Waals surface area contributed by atoms with E-state index in [0.29, 0.717) is 25.1 Å². The molecule has 2 aliphatic rings. The van der Waals surface area contributed by atoms with E-state index in [4.69, 9.17) is 0 Å². The van der Waals surface area contributed by atoms with E-state index in [1.807, 2.05) is 6.92 Å². The highest BCUT2D eigenvalue weighted by atomic mass is 32.2. The molecule has 1 aromatic carbocycles. The van der Waals surface area contributed by atoms with Gasteiger partial charge in [0.2, 0.25) is 11.8 Å². The van der Waals surface area contributed by atoms with Crippen molar-refractivity contribution in [1.29, 1.82) is 0 Å². The van der Waals surface area contributed by atoms with Crippen LogP contribution in [0.25, 0.3) is 0 Å². The number of carbonyl (C=O) groups is 2. The van der Waals surface area contributed by atoms with Crippen LogP contribution in [0.15, 0.2) is 24.3 Å². The van der Waals surface area contributed by atoms with Gasteiger partial charge < -0.3 is 9.80 Å². The number of hydrogen-bond acceptors (Lipinski definition) is 3. The van der Waals surface area contributed by atoms with Crippen LogP contribution in [0.4, 0.5) is 4.39 Å². The second-order valence-electron chi connectivity index (χ2n) is 6.40. The Kier molecular flexibility index (Phi) is 4.36. The topological polar surface area (TPSA) is 40.6 Å². The summed E-state index contributed by atoms with van der Waals surface area (Å²) < 4.78 is 12.9. The van der Waals surface area contributed by atoms with E-state index in [1.54, 1.807) is 40.7 Å². The highest BCUT2D eigenvalue weighted by Crippen LogP contribution is 2.47. The Bertz CT molecular complexity index is 622. The summed E-state index contributed by atoms with van der Waals surface area (Å²) in [4.78, 5) is 28.1. The molecule has 2 saturated heterocycles. The average molecular weight is 336 g/mol. The Morgan fingerprint density at radius 2 is 2.13 bits per heavy atom. The fourth-order valence-corrected chi connectivity index (χ4v) is 4.74. The molecule has 3 rings (SSSR count). The lowest BCUT2D eigenvalue weighted by Gasteiger charge is -2.32. The largest absolute Gasteiger partial charge is 0.344 e. The molecule has 0 radical (unpaired) electrons. The molecule has 0 bridgehead atoms. The van der Waals surface area contributed by atoms with Crippen molar-refractivity contribution >= 4 is 23.6 Å². The summed E-state index contributed by atoms with van der Waals surface area (Å²) in [7, 11) is 1.77. The molecule has 2 heterocycles. The SMILES string of the molecule is CN(CCc1ccc(F)cc1)C(=O)C1CSC2(C)CCC(=O)N12. The lowest BCUT2D eigenvalue weighted by Crippen LogP contribution is -2.50. The number of benzene rings is 1. The molecule has 0 aliphatic carbocycles. The average Bonchev–Trinajstić information content (AvgIpc) is 3.02. The number of hydrogen-bond donors (Lipinski definition) is 0. The summed E-state index contributed by atoms with van der Waals surface area (Å²) in [5.74, 6) is 0.497. The van der Waals surface area contributed by atoms with E-state index in [9.17, 15) is 14.0 Å². The normalized spacial score (nSPS) is 26.5. The van der Waals surface area contributed by atoms with Gasteiger partial charge >= 0.3 is 0 Å². The van der Waals surface area contributed by atoms with Crippen LogP contribution >= 0.6 is 11.8 Å². The summed E-state index contributed by atoms with van der Waals surface area (Å²) in [6.45, 7) is 2.61. The van der Waals surface area contributed by atoms with Gasteiger partial charge in [0, 0.05) is 25.8 Å². The first-order valence-electron chi connectivity index (χ1n) is 7.86. The molecule has 0 N–H and O–H groups in total. The first-order chi connectivity index (χ1) is 10.9. The van der Waals surface area contributed by atoms with Crippen LogP contribution in [0.1, 0.15) is 25.3 Å². The maximum absolute atomic E-state index is 12.9. The minimum Gasteiger partial charge on any atom is -0.344 e. The Morgan fingerprint density at radius 3 is 2.83 bits per heavy atom. The zero-order chi connectivity index (χ0) is 16.6. The van der Waals surface area contributed by atoms with E-state index < -0.39 is 0 Å². The van der Waals surface area contributed by atoms with Gasteiger partial charge in [-0.25, -0.2) is 4.39 Å². The Morgan fingerprint density at radius 1 is 1.43 bits per heavy atom. The monoisotopic (exact) mass is 336 g/mol. The van der Waals surface area contributed by atoms with Crippen molar-refractivity contribution in [2.24, 2.45) is 0 Å². The summed E-state index contributed by atoms with van der Waals surface area (Å²) >= 11 is 1.70. The van der Waals surface area contributed by atoms with Gasteiger partial charge in [0.25, 0.3) is 0 Å². The summed E-state index contributed by atoms with van der Waals surface area (Å²) in [6, 6.07) is 5.98. The van der Waals surface area contributed by atoms with E-state index in [2.05, 4.69) is 0 Å². The first kappa shape index (κ1) is 16.3. The van der Waals surface area contributed by atoms with Crippen LogP contribution in [-0.4, -0.2) is 51.9 Å². The second-order valence-corrected chi connectivity index (χ2v) is 7.90. The molecule has 0 saturated carbocycles. The third-order valence-corrected chi connectivity index (χ3v) is 6.26. The van der Waals surface area contributed by atoms with Gasteiger partial charge in [0.15, 0.2) is 0 Å². The third kappa shape index (κ3) is 3.09. The third-order valence-electron chi connectivity index (χ3n) is 4.76. The molecule has 0 spiro atoms. The number of rotatable bonds is 4. The minimum absolute atomic E-state index is 0.00131. The second kappa shape index (κ2) is 6.15. The standard InChI is InChI=1S/C17H21FN2O2S/c1-17-9-7-15(21)20(17)14(11-23-17)16(22)19(2)10-8-12-3-5-13(18)6-4-12/h3-6,14H,7-11H2,1-2H3. The van der Waals surface area contributed by atoms with Crippen molar-refractivity contribution in [2.45, 2.75) is 37.1 Å².